The highest BCUT2D eigenvalue weighted by Gasteiger charge is 2.33. The van der Waals surface area contributed by atoms with Gasteiger partial charge in [0.05, 0.1) is 17.8 Å². The van der Waals surface area contributed by atoms with Crippen molar-refractivity contribution in [1.29, 1.82) is 0 Å². The van der Waals surface area contributed by atoms with Crippen LogP contribution in [0.25, 0.3) is 22.3 Å². The molecule has 12 heteroatoms. The summed E-state index contributed by atoms with van der Waals surface area (Å²) >= 11 is 0. The van der Waals surface area contributed by atoms with E-state index in [0.29, 0.717) is 18.1 Å². The predicted molar refractivity (Wildman–Crippen MR) is 139 cm³/mol. The molecule has 0 bridgehead atoms. The van der Waals surface area contributed by atoms with Crippen LogP contribution < -0.4 is 5.32 Å². The van der Waals surface area contributed by atoms with Gasteiger partial charge in [-0.05, 0) is 36.7 Å². The van der Waals surface area contributed by atoms with Crippen molar-refractivity contribution >= 4 is 22.8 Å². The zero-order valence-corrected chi connectivity index (χ0v) is 21.4. The topological polar surface area (TPSA) is 75.0 Å². The Bertz CT molecular complexity index is 1480. The van der Waals surface area contributed by atoms with E-state index < -0.39 is 24.1 Å². The Labute approximate surface area is 222 Å². The largest absolute Gasteiger partial charge is 0.319 e. The van der Waals surface area contributed by atoms with Crippen molar-refractivity contribution < 1.29 is 17.6 Å². The summed E-state index contributed by atoms with van der Waals surface area (Å²) in [5.41, 5.74) is 1.22. The summed E-state index contributed by atoms with van der Waals surface area (Å²) in [5.74, 6) is -0.542. The van der Waals surface area contributed by atoms with E-state index in [1.807, 2.05) is 6.07 Å². The van der Waals surface area contributed by atoms with Gasteiger partial charge >= 0.3 is 0 Å². The summed E-state index contributed by atoms with van der Waals surface area (Å²) in [6.07, 6.45) is 0.698. The van der Waals surface area contributed by atoms with Gasteiger partial charge in [-0.15, -0.1) is 0 Å². The molecule has 0 spiro atoms. The number of fused-ring (bicyclic) bond motifs is 3. The minimum Gasteiger partial charge on any atom is -0.319 e. The number of pyridine rings is 1. The molecule has 1 atom stereocenters. The number of rotatable bonds is 7. The number of alkyl halides is 2. The maximum absolute atomic E-state index is 15.0. The molecular weight excluding hydrogens is 512 g/mol. The molecular formula is C27H28F4N8. The van der Waals surface area contributed by atoms with E-state index in [1.165, 1.54) is 10.6 Å². The highest BCUT2D eigenvalue weighted by molar-refractivity contribution is 5.83. The Kier molecular flexibility index (Phi) is 6.90. The first-order valence-electron chi connectivity index (χ1n) is 13.1. The Hall–Kier alpha value is -3.64. The first-order valence-corrected chi connectivity index (χ1v) is 13.1. The maximum Gasteiger partial charge on any atom is 0.259 e. The molecule has 204 valence electrons. The van der Waals surface area contributed by atoms with Gasteiger partial charge < -0.3 is 14.8 Å². The smallest absolute Gasteiger partial charge is 0.259 e. The number of benzene rings is 1. The zero-order chi connectivity index (χ0) is 27.1. The normalized spacial score (nSPS) is 18.3. The van der Waals surface area contributed by atoms with Gasteiger partial charge in [0, 0.05) is 50.9 Å². The molecule has 2 aliphatic heterocycles. The van der Waals surface area contributed by atoms with Crippen molar-refractivity contribution in [2.45, 2.75) is 38.8 Å². The van der Waals surface area contributed by atoms with E-state index in [0.717, 1.165) is 57.1 Å². The fourth-order valence-electron chi connectivity index (χ4n) is 5.39. The lowest BCUT2D eigenvalue weighted by atomic mass is 10.1. The molecule has 0 aliphatic carbocycles. The highest BCUT2D eigenvalue weighted by Crippen LogP contribution is 2.37. The van der Waals surface area contributed by atoms with Crippen LogP contribution in [-0.2, 0) is 13.0 Å². The molecule has 0 unspecified atom stereocenters. The molecule has 1 saturated heterocycles. The number of aromatic nitrogens is 5. The second-order valence-electron chi connectivity index (χ2n) is 9.94. The van der Waals surface area contributed by atoms with Gasteiger partial charge in [-0.25, -0.2) is 37.5 Å². The van der Waals surface area contributed by atoms with Crippen LogP contribution in [0.5, 0.6) is 0 Å². The highest BCUT2D eigenvalue weighted by atomic mass is 19.3. The van der Waals surface area contributed by atoms with Gasteiger partial charge in [-0.3, -0.25) is 4.90 Å². The molecule has 5 heterocycles. The van der Waals surface area contributed by atoms with Crippen LogP contribution >= 0.6 is 0 Å². The molecule has 0 amide bonds. The van der Waals surface area contributed by atoms with Gasteiger partial charge in [0.1, 0.15) is 22.9 Å². The molecule has 0 saturated carbocycles. The molecule has 1 fully saturated rings. The number of nitrogens with one attached hydrogen (secondary N) is 1. The average Bonchev–Trinajstić information content (AvgIpc) is 3.52. The Morgan fingerprint density at radius 3 is 2.49 bits per heavy atom. The number of likely N-dealkylation sites (N-methyl/N-ethyl adjacent to an activating group) is 1. The van der Waals surface area contributed by atoms with Crippen LogP contribution in [0.15, 0.2) is 36.7 Å². The number of piperazine rings is 1. The number of aryl methyl sites for hydroxylation is 1. The van der Waals surface area contributed by atoms with Gasteiger partial charge in [-0.2, -0.15) is 0 Å². The Morgan fingerprint density at radius 1 is 0.974 bits per heavy atom. The number of hydrogen-bond donors (Lipinski definition) is 1. The van der Waals surface area contributed by atoms with Gasteiger partial charge in [0.25, 0.3) is 6.43 Å². The summed E-state index contributed by atoms with van der Waals surface area (Å²) in [5, 5.41) is 2.97. The van der Waals surface area contributed by atoms with Crippen LogP contribution in [0.4, 0.5) is 29.3 Å². The van der Waals surface area contributed by atoms with E-state index >= 15 is 0 Å². The summed E-state index contributed by atoms with van der Waals surface area (Å²) in [6.45, 7) is 8.18. The summed E-state index contributed by atoms with van der Waals surface area (Å²) in [6, 6.07) is 5.25. The van der Waals surface area contributed by atoms with Crippen LogP contribution in [0.1, 0.15) is 30.8 Å². The third-order valence-corrected chi connectivity index (χ3v) is 7.51. The zero-order valence-electron chi connectivity index (χ0n) is 21.4. The van der Waals surface area contributed by atoms with Crippen molar-refractivity contribution in [3.05, 3.63) is 59.7 Å². The fraction of sp³-hybridized carbons (Fsp3) is 0.407. The molecule has 6 rings (SSSR count). The van der Waals surface area contributed by atoms with Gasteiger partial charge in [0.2, 0.25) is 5.95 Å². The Balaban J connectivity index is 1.22. The third kappa shape index (κ3) is 5.06. The van der Waals surface area contributed by atoms with Crippen LogP contribution in [0, 0.1) is 11.6 Å². The third-order valence-electron chi connectivity index (χ3n) is 7.51. The van der Waals surface area contributed by atoms with Crippen molar-refractivity contribution in [3.63, 3.8) is 0 Å². The Morgan fingerprint density at radius 2 is 1.77 bits per heavy atom. The van der Waals surface area contributed by atoms with Crippen molar-refractivity contribution in [2.75, 3.05) is 38.0 Å². The average molecular weight is 541 g/mol. The van der Waals surface area contributed by atoms with Gasteiger partial charge in [0.15, 0.2) is 11.6 Å². The van der Waals surface area contributed by atoms with Crippen molar-refractivity contribution in [2.24, 2.45) is 0 Å². The first-order chi connectivity index (χ1) is 18.9. The fourth-order valence-corrected chi connectivity index (χ4v) is 5.39. The lowest BCUT2D eigenvalue weighted by molar-refractivity contribution is 0.0883. The summed E-state index contributed by atoms with van der Waals surface area (Å²) in [7, 11) is 0. The van der Waals surface area contributed by atoms with E-state index in [9.17, 15) is 17.6 Å². The van der Waals surface area contributed by atoms with E-state index in [4.69, 9.17) is 0 Å². The number of anilines is 2. The van der Waals surface area contributed by atoms with Crippen molar-refractivity contribution in [3.8, 4) is 11.3 Å². The number of imidazole rings is 1. The van der Waals surface area contributed by atoms with E-state index in [1.54, 1.807) is 12.3 Å². The quantitative estimate of drug-likeness (QED) is 0.338. The minimum atomic E-state index is -2.62. The predicted octanol–water partition coefficient (Wildman–Crippen LogP) is 4.80. The minimum absolute atomic E-state index is 0.0107. The van der Waals surface area contributed by atoms with E-state index in [2.05, 4.69) is 42.0 Å². The molecule has 0 radical (unpaired) electrons. The van der Waals surface area contributed by atoms with Gasteiger partial charge in [-0.1, -0.05) is 13.0 Å². The number of halogens is 4. The molecule has 8 nitrogen and oxygen atoms in total. The molecule has 3 aromatic heterocycles. The van der Waals surface area contributed by atoms with Crippen LogP contribution in [-0.4, -0.2) is 73.5 Å². The molecule has 2 aliphatic rings. The monoisotopic (exact) mass is 540 g/mol. The standard InChI is InChI=1S/C27H28F4N8/c1-2-37-7-9-38(10-8-37)15-16-3-5-22(32-13-16)34-27-33-14-19(29)24(36-27)17-11-18(28)25-21(12-17)39-20(26(30)31)4-6-23(39)35-25/h3,5,11-14,20,26H,2,4,6-10,15H2,1H3,(H,32,33,34,36)/t20-/m1/s1. The summed E-state index contributed by atoms with van der Waals surface area (Å²) < 4.78 is 58.4. The number of hydrogen-bond acceptors (Lipinski definition) is 7. The van der Waals surface area contributed by atoms with E-state index in [-0.39, 0.29) is 34.7 Å². The van der Waals surface area contributed by atoms with Crippen LogP contribution in [0.2, 0.25) is 0 Å². The second kappa shape index (κ2) is 10.5. The lowest BCUT2D eigenvalue weighted by Crippen LogP contribution is -2.45. The molecule has 1 N–H and O–H groups in total. The maximum atomic E-state index is 15.0. The molecule has 1 aromatic carbocycles. The SMILES string of the molecule is CCN1CCN(Cc2ccc(Nc3ncc(F)c(-c4cc(F)c5nc6n(c5c4)[C@@H](C(F)F)CC6)n3)nc2)CC1. The lowest BCUT2D eigenvalue weighted by Gasteiger charge is -2.33. The molecule has 39 heavy (non-hydrogen) atoms. The second-order valence-corrected chi connectivity index (χ2v) is 9.94. The first kappa shape index (κ1) is 25.6. The number of nitrogens with zero attached hydrogens (tertiary/aromatic N) is 7. The van der Waals surface area contributed by atoms with Crippen LogP contribution in [0.3, 0.4) is 0 Å². The van der Waals surface area contributed by atoms with Crippen molar-refractivity contribution in [1.82, 2.24) is 34.3 Å². The molecule has 4 aromatic rings. The summed E-state index contributed by atoms with van der Waals surface area (Å²) in [4.78, 5) is 21.7.